The van der Waals surface area contributed by atoms with Gasteiger partial charge in [-0.05, 0) is 28.1 Å². The van der Waals surface area contributed by atoms with Gasteiger partial charge in [-0.25, -0.2) is 4.98 Å². The average Bonchev–Trinajstić information content (AvgIpc) is 2.27. The Labute approximate surface area is 103 Å². The molecule has 1 heterocycles. The number of halogens is 1. The fourth-order valence-electron chi connectivity index (χ4n) is 1.47. The van der Waals surface area contributed by atoms with E-state index in [1.54, 1.807) is 4.90 Å². The predicted octanol–water partition coefficient (Wildman–Crippen LogP) is 2.88. The van der Waals surface area contributed by atoms with Crippen molar-refractivity contribution in [1.82, 2.24) is 9.88 Å². The van der Waals surface area contributed by atoms with Gasteiger partial charge in [0.25, 0.3) is 0 Å². The van der Waals surface area contributed by atoms with Crippen LogP contribution in [0.25, 0.3) is 10.9 Å². The van der Waals surface area contributed by atoms with Gasteiger partial charge in [0, 0.05) is 24.0 Å². The topological polar surface area (TPSA) is 40.0 Å². The summed E-state index contributed by atoms with van der Waals surface area (Å²) in [6, 6.07) is 9.89. The van der Waals surface area contributed by atoms with Gasteiger partial charge >= 0.3 is 0 Å². The van der Waals surface area contributed by atoms with Crippen molar-refractivity contribution in [2.45, 2.75) is 0 Å². The molecule has 0 radical (unpaired) electrons. The van der Waals surface area contributed by atoms with E-state index in [4.69, 9.17) is 5.41 Å². The van der Waals surface area contributed by atoms with E-state index in [1.807, 2.05) is 44.4 Å². The minimum absolute atomic E-state index is 0.401. The molecular weight excluding hydrogens is 266 g/mol. The lowest BCUT2D eigenvalue weighted by Gasteiger charge is -2.14. The number of nitrogens with one attached hydrogen (secondary N) is 1. The van der Waals surface area contributed by atoms with Gasteiger partial charge in [-0.1, -0.05) is 18.2 Å². The fourth-order valence-corrected chi connectivity index (χ4v) is 1.99. The van der Waals surface area contributed by atoms with Crippen LogP contribution >= 0.6 is 15.9 Å². The fraction of sp³-hybridized carbons (Fsp3) is 0.167. The summed E-state index contributed by atoms with van der Waals surface area (Å²) in [5, 5.41) is 9.01. The number of amidine groups is 1. The number of para-hydroxylation sites is 1. The van der Waals surface area contributed by atoms with Crippen molar-refractivity contribution in [3.05, 3.63) is 40.5 Å². The first-order valence-electron chi connectivity index (χ1n) is 4.91. The highest BCUT2D eigenvalue weighted by Crippen LogP contribution is 2.22. The largest absolute Gasteiger partial charge is 0.361 e. The molecule has 0 unspecified atom stereocenters. The van der Waals surface area contributed by atoms with Gasteiger partial charge in [-0.2, -0.15) is 0 Å². The molecule has 3 nitrogen and oxygen atoms in total. The Balaban J connectivity index is 2.63. The smallest absolute Gasteiger partial charge is 0.147 e. The minimum Gasteiger partial charge on any atom is -0.361 e. The summed E-state index contributed by atoms with van der Waals surface area (Å²) in [4.78, 5) is 6.22. The Morgan fingerprint density at radius 2 is 2.00 bits per heavy atom. The van der Waals surface area contributed by atoms with E-state index in [2.05, 4.69) is 20.9 Å². The molecule has 0 atom stereocenters. The summed E-state index contributed by atoms with van der Waals surface area (Å²) < 4.78 is 0.852. The zero-order chi connectivity index (χ0) is 11.7. The van der Waals surface area contributed by atoms with Crippen molar-refractivity contribution >= 4 is 32.7 Å². The van der Waals surface area contributed by atoms with Crippen LogP contribution in [0, 0.1) is 5.41 Å². The summed E-state index contributed by atoms with van der Waals surface area (Å²) in [6.07, 6.45) is 0. The third kappa shape index (κ3) is 1.93. The Morgan fingerprint density at radius 1 is 1.31 bits per heavy atom. The molecular formula is C12H12BrN3. The van der Waals surface area contributed by atoms with Crippen LogP contribution in [0.1, 0.15) is 5.69 Å². The Kier molecular flexibility index (Phi) is 2.92. The first kappa shape index (κ1) is 11.1. The van der Waals surface area contributed by atoms with Gasteiger partial charge in [-0.3, -0.25) is 5.41 Å². The SMILES string of the molecule is CN(C)C(=N)c1nc2ccccc2cc1Br. The van der Waals surface area contributed by atoms with Crippen molar-refractivity contribution in [2.24, 2.45) is 0 Å². The van der Waals surface area contributed by atoms with E-state index in [9.17, 15) is 0 Å². The number of rotatable bonds is 1. The van der Waals surface area contributed by atoms with E-state index >= 15 is 0 Å². The number of aromatic nitrogens is 1. The highest BCUT2D eigenvalue weighted by atomic mass is 79.9. The maximum absolute atomic E-state index is 7.93. The van der Waals surface area contributed by atoms with Crippen LogP contribution in [0.15, 0.2) is 34.8 Å². The molecule has 2 aromatic rings. The lowest BCUT2D eigenvalue weighted by atomic mass is 10.2. The molecule has 1 N–H and O–H groups in total. The molecule has 0 aliphatic rings. The number of benzene rings is 1. The van der Waals surface area contributed by atoms with Crippen LogP contribution in [0.2, 0.25) is 0 Å². The van der Waals surface area contributed by atoms with Crippen molar-refractivity contribution in [1.29, 1.82) is 5.41 Å². The first-order valence-corrected chi connectivity index (χ1v) is 5.70. The number of nitrogens with zero attached hydrogens (tertiary/aromatic N) is 2. The van der Waals surface area contributed by atoms with Crippen molar-refractivity contribution < 1.29 is 0 Å². The second-order valence-corrected chi connectivity index (χ2v) is 4.61. The molecule has 0 aliphatic heterocycles. The molecule has 0 aliphatic carbocycles. The lowest BCUT2D eigenvalue weighted by Crippen LogP contribution is -2.23. The summed E-state index contributed by atoms with van der Waals surface area (Å²) in [5.74, 6) is 0.401. The van der Waals surface area contributed by atoms with Crippen LogP contribution in [0.5, 0.6) is 0 Å². The molecule has 0 spiro atoms. The summed E-state index contributed by atoms with van der Waals surface area (Å²) in [5.41, 5.74) is 1.58. The monoisotopic (exact) mass is 277 g/mol. The van der Waals surface area contributed by atoms with E-state index in [1.165, 1.54) is 0 Å². The molecule has 1 aromatic carbocycles. The van der Waals surface area contributed by atoms with Gasteiger partial charge in [0.2, 0.25) is 0 Å². The maximum Gasteiger partial charge on any atom is 0.147 e. The zero-order valence-electron chi connectivity index (χ0n) is 9.16. The molecule has 1 aromatic heterocycles. The van der Waals surface area contributed by atoms with Crippen LogP contribution < -0.4 is 0 Å². The van der Waals surface area contributed by atoms with Crippen molar-refractivity contribution in [3.63, 3.8) is 0 Å². The van der Waals surface area contributed by atoms with Gasteiger partial charge < -0.3 is 4.90 Å². The average molecular weight is 278 g/mol. The molecule has 16 heavy (non-hydrogen) atoms. The summed E-state index contributed by atoms with van der Waals surface area (Å²) >= 11 is 3.46. The number of hydrogen-bond acceptors (Lipinski definition) is 2. The third-order valence-electron chi connectivity index (χ3n) is 2.35. The van der Waals surface area contributed by atoms with Crippen molar-refractivity contribution in [3.8, 4) is 0 Å². The second-order valence-electron chi connectivity index (χ2n) is 3.75. The molecule has 0 fully saturated rings. The highest BCUT2D eigenvalue weighted by Gasteiger charge is 2.11. The zero-order valence-corrected chi connectivity index (χ0v) is 10.7. The minimum atomic E-state index is 0.401. The number of fused-ring (bicyclic) bond motifs is 1. The first-order chi connectivity index (χ1) is 7.59. The van der Waals surface area contributed by atoms with Gasteiger partial charge in [-0.15, -0.1) is 0 Å². The standard InChI is InChI=1S/C12H12BrN3/c1-16(2)12(14)11-9(13)7-8-5-3-4-6-10(8)15-11/h3-7,14H,1-2H3. The van der Waals surface area contributed by atoms with Crippen LogP contribution in [0.4, 0.5) is 0 Å². The lowest BCUT2D eigenvalue weighted by molar-refractivity contribution is 0.616. The summed E-state index contributed by atoms with van der Waals surface area (Å²) in [6.45, 7) is 0. The number of hydrogen-bond donors (Lipinski definition) is 1. The number of pyridine rings is 1. The Morgan fingerprint density at radius 3 is 2.69 bits per heavy atom. The van der Waals surface area contributed by atoms with Gasteiger partial charge in [0.15, 0.2) is 0 Å². The van der Waals surface area contributed by atoms with Crippen molar-refractivity contribution in [2.75, 3.05) is 14.1 Å². The molecule has 4 heteroatoms. The van der Waals surface area contributed by atoms with Crippen LogP contribution in [-0.2, 0) is 0 Å². The van der Waals surface area contributed by atoms with Crippen LogP contribution in [-0.4, -0.2) is 29.8 Å². The predicted molar refractivity (Wildman–Crippen MR) is 70.0 cm³/mol. The van der Waals surface area contributed by atoms with Gasteiger partial charge in [0.05, 0.1) is 5.52 Å². The van der Waals surface area contributed by atoms with E-state index in [0.717, 1.165) is 15.4 Å². The second kappa shape index (κ2) is 4.22. The molecule has 0 amide bonds. The molecule has 0 saturated heterocycles. The van der Waals surface area contributed by atoms with E-state index in [0.29, 0.717) is 11.5 Å². The normalized spacial score (nSPS) is 10.4. The molecule has 0 saturated carbocycles. The van der Waals surface area contributed by atoms with Gasteiger partial charge in [0.1, 0.15) is 11.5 Å². The highest BCUT2D eigenvalue weighted by molar-refractivity contribution is 9.10. The Bertz CT molecular complexity index is 549. The molecule has 0 bridgehead atoms. The molecule has 82 valence electrons. The van der Waals surface area contributed by atoms with Crippen LogP contribution in [0.3, 0.4) is 0 Å². The maximum atomic E-state index is 7.93. The quantitative estimate of drug-likeness (QED) is 0.643. The molecule has 2 rings (SSSR count). The summed E-state index contributed by atoms with van der Waals surface area (Å²) in [7, 11) is 3.68. The third-order valence-corrected chi connectivity index (χ3v) is 2.95. The Hall–Kier alpha value is -1.42. The van der Waals surface area contributed by atoms with E-state index in [-0.39, 0.29) is 0 Å². The van der Waals surface area contributed by atoms with E-state index < -0.39 is 0 Å².